The summed E-state index contributed by atoms with van der Waals surface area (Å²) in [6.45, 7) is 0. The summed E-state index contributed by atoms with van der Waals surface area (Å²) in [6.07, 6.45) is 5.91. The first-order valence-corrected chi connectivity index (χ1v) is 19.7. The Kier molecular flexibility index (Phi) is 7.60. The summed E-state index contributed by atoms with van der Waals surface area (Å²) in [7, 11) is 0. The van der Waals surface area contributed by atoms with Gasteiger partial charge in [-0.1, -0.05) is 188 Å². The van der Waals surface area contributed by atoms with Gasteiger partial charge in [0.05, 0.1) is 5.69 Å². The van der Waals surface area contributed by atoms with Crippen molar-refractivity contribution in [3.8, 4) is 33.4 Å². The average molecular weight is 714 g/mol. The Morgan fingerprint density at radius 3 is 1.80 bits per heavy atom. The molecule has 0 saturated heterocycles. The van der Waals surface area contributed by atoms with Crippen LogP contribution in [0.15, 0.2) is 212 Å². The van der Waals surface area contributed by atoms with Gasteiger partial charge in [0.25, 0.3) is 0 Å². The van der Waals surface area contributed by atoms with Crippen molar-refractivity contribution in [1.29, 1.82) is 0 Å². The standard InChI is InChI=1S/C55H39N/c1-3-13-38(14-4-1)39-26-31-46(32-27-39)56(54-35-43-18-7-9-19-48(43)50-20-10-11-21-51(50)54)47-33-34-49(52(36-47)40-15-5-2-6-16-40)41-23-28-44(29-24-41)55-37-45(55)30-25-42-17-8-12-22-53(42)55/h1-36,45H,37H2/t45-,55?/m0/s1. The van der Waals surface area contributed by atoms with Gasteiger partial charge in [-0.15, -0.1) is 0 Å². The number of benzene rings is 9. The van der Waals surface area contributed by atoms with Crippen LogP contribution in [0.4, 0.5) is 17.1 Å². The predicted molar refractivity (Wildman–Crippen MR) is 237 cm³/mol. The van der Waals surface area contributed by atoms with Crippen LogP contribution in [0, 0.1) is 5.92 Å². The van der Waals surface area contributed by atoms with Crippen molar-refractivity contribution in [2.75, 3.05) is 4.90 Å². The van der Waals surface area contributed by atoms with E-state index in [2.05, 4.69) is 223 Å². The number of nitrogens with zero attached hydrogens (tertiary/aromatic N) is 1. The van der Waals surface area contributed by atoms with Gasteiger partial charge >= 0.3 is 0 Å². The first kappa shape index (κ1) is 32.5. The van der Waals surface area contributed by atoms with Gasteiger partial charge in [0.2, 0.25) is 0 Å². The van der Waals surface area contributed by atoms with Crippen LogP contribution in [0.3, 0.4) is 0 Å². The lowest BCUT2D eigenvalue weighted by molar-refractivity contribution is 0.781. The van der Waals surface area contributed by atoms with Gasteiger partial charge in [-0.3, -0.25) is 0 Å². The van der Waals surface area contributed by atoms with Gasteiger partial charge in [-0.2, -0.15) is 0 Å². The van der Waals surface area contributed by atoms with Gasteiger partial charge in [-0.25, -0.2) is 0 Å². The molecular weight excluding hydrogens is 675 g/mol. The Morgan fingerprint density at radius 2 is 1.02 bits per heavy atom. The van der Waals surface area contributed by atoms with Crippen molar-refractivity contribution < 1.29 is 0 Å². The molecule has 264 valence electrons. The monoisotopic (exact) mass is 713 g/mol. The third kappa shape index (κ3) is 5.31. The molecule has 0 spiro atoms. The van der Waals surface area contributed by atoms with Crippen molar-refractivity contribution in [2.45, 2.75) is 11.8 Å². The van der Waals surface area contributed by atoms with Crippen LogP contribution in [0.25, 0.3) is 61.0 Å². The van der Waals surface area contributed by atoms with Crippen LogP contribution < -0.4 is 4.90 Å². The van der Waals surface area contributed by atoms with Crippen LogP contribution in [0.5, 0.6) is 0 Å². The molecular formula is C55H39N. The summed E-state index contributed by atoms with van der Waals surface area (Å²) in [4.78, 5) is 2.45. The zero-order valence-electron chi connectivity index (χ0n) is 31.0. The van der Waals surface area contributed by atoms with Crippen LogP contribution >= 0.6 is 0 Å². The number of fused-ring (bicyclic) bond motifs is 6. The molecule has 1 saturated carbocycles. The third-order valence-electron chi connectivity index (χ3n) is 12.2. The summed E-state index contributed by atoms with van der Waals surface area (Å²) in [5.74, 6) is 0.571. The quantitative estimate of drug-likeness (QED) is 0.149. The number of anilines is 3. The molecule has 0 amide bonds. The topological polar surface area (TPSA) is 3.24 Å². The zero-order chi connectivity index (χ0) is 37.1. The molecule has 56 heavy (non-hydrogen) atoms. The Hall–Kier alpha value is -6.96. The molecule has 0 bridgehead atoms. The lowest BCUT2D eigenvalue weighted by Gasteiger charge is -2.29. The lowest BCUT2D eigenvalue weighted by atomic mass is 9.80. The van der Waals surface area contributed by atoms with Gasteiger partial charge in [0.15, 0.2) is 0 Å². The van der Waals surface area contributed by atoms with E-state index in [9.17, 15) is 0 Å². The van der Waals surface area contributed by atoms with Crippen molar-refractivity contribution in [3.63, 3.8) is 0 Å². The fourth-order valence-electron chi connectivity index (χ4n) is 9.39. The summed E-state index contributed by atoms with van der Waals surface area (Å²) in [6, 6.07) is 75.9. The Morgan fingerprint density at radius 1 is 0.429 bits per heavy atom. The van der Waals surface area contributed by atoms with E-state index < -0.39 is 0 Å². The molecule has 0 aromatic heterocycles. The largest absolute Gasteiger partial charge is 0.310 e. The van der Waals surface area contributed by atoms with Gasteiger partial charge in [0.1, 0.15) is 0 Å². The normalized spacial score (nSPS) is 16.7. The van der Waals surface area contributed by atoms with E-state index >= 15 is 0 Å². The van der Waals surface area contributed by atoms with Crippen molar-refractivity contribution >= 4 is 44.7 Å². The molecule has 0 N–H and O–H groups in total. The number of rotatable bonds is 7. The van der Waals surface area contributed by atoms with E-state index in [1.807, 2.05) is 0 Å². The molecule has 1 unspecified atom stereocenters. The van der Waals surface area contributed by atoms with Gasteiger partial charge < -0.3 is 4.90 Å². The Balaban J connectivity index is 1.07. The van der Waals surface area contributed by atoms with Crippen molar-refractivity contribution in [1.82, 2.24) is 0 Å². The molecule has 11 rings (SSSR count). The highest BCUT2D eigenvalue weighted by Gasteiger charge is 2.56. The van der Waals surface area contributed by atoms with Crippen molar-refractivity contribution in [2.24, 2.45) is 5.92 Å². The highest BCUT2D eigenvalue weighted by atomic mass is 15.1. The van der Waals surface area contributed by atoms with E-state index in [1.165, 1.54) is 78.0 Å². The SMILES string of the molecule is C1=C[C@H]2CC2(c2ccc(-c3ccc(N(c4ccc(-c5ccccc5)cc4)c4cc5ccccc5c5ccccc45)cc3-c3ccccc3)cc2)c2ccccc21. The number of hydrogen-bond donors (Lipinski definition) is 0. The fraction of sp³-hybridized carbons (Fsp3) is 0.0545. The minimum Gasteiger partial charge on any atom is -0.310 e. The van der Waals surface area contributed by atoms with Crippen LogP contribution in [-0.2, 0) is 5.41 Å². The highest BCUT2D eigenvalue weighted by Crippen LogP contribution is 2.62. The number of hydrogen-bond acceptors (Lipinski definition) is 1. The highest BCUT2D eigenvalue weighted by molar-refractivity contribution is 6.14. The molecule has 2 aliphatic carbocycles. The minimum atomic E-state index is 0.0924. The van der Waals surface area contributed by atoms with Crippen molar-refractivity contribution in [3.05, 3.63) is 229 Å². The van der Waals surface area contributed by atoms with Crippen LogP contribution in [0.2, 0.25) is 0 Å². The second-order valence-corrected chi connectivity index (χ2v) is 15.3. The zero-order valence-corrected chi connectivity index (χ0v) is 31.0. The predicted octanol–water partition coefficient (Wildman–Crippen LogP) is 14.8. The second-order valence-electron chi connectivity index (χ2n) is 15.3. The molecule has 9 aromatic rings. The first-order valence-electron chi connectivity index (χ1n) is 19.7. The Bertz CT molecular complexity index is 2920. The maximum Gasteiger partial charge on any atom is 0.0546 e. The van der Waals surface area contributed by atoms with E-state index in [0.717, 1.165) is 17.1 Å². The summed E-state index contributed by atoms with van der Waals surface area (Å²) >= 11 is 0. The van der Waals surface area contributed by atoms with E-state index in [4.69, 9.17) is 0 Å². The summed E-state index contributed by atoms with van der Waals surface area (Å²) < 4.78 is 0. The smallest absolute Gasteiger partial charge is 0.0546 e. The van der Waals surface area contributed by atoms with Gasteiger partial charge in [0, 0.05) is 22.2 Å². The molecule has 0 heterocycles. The lowest BCUT2D eigenvalue weighted by Crippen LogP contribution is -2.15. The molecule has 9 aromatic carbocycles. The molecule has 2 atom stereocenters. The summed E-state index contributed by atoms with van der Waals surface area (Å²) in [5, 5.41) is 4.96. The minimum absolute atomic E-state index is 0.0924. The van der Waals surface area contributed by atoms with Crippen LogP contribution in [0.1, 0.15) is 23.1 Å². The third-order valence-corrected chi connectivity index (χ3v) is 12.2. The fourth-order valence-corrected chi connectivity index (χ4v) is 9.39. The Labute approximate surface area is 328 Å². The maximum atomic E-state index is 2.45. The van der Waals surface area contributed by atoms with E-state index in [0.29, 0.717) is 5.92 Å². The van der Waals surface area contributed by atoms with Crippen LogP contribution in [-0.4, -0.2) is 0 Å². The molecule has 1 fully saturated rings. The number of allylic oxidation sites excluding steroid dienone is 1. The average Bonchev–Trinajstić information content (AvgIpc) is 4.04. The molecule has 0 aliphatic heterocycles. The van der Waals surface area contributed by atoms with Gasteiger partial charge in [-0.05, 0) is 109 Å². The van der Waals surface area contributed by atoms with E-state index in [1.54, 1.807) is 0 Å². The molecule has 0 radical (unpaired) electrons. The summed E-state index contributed by atoms with van der Waals surface area (Å²) in [5.41, 5.74) is 15.0. The maximum absolute atomic E-state index is 2.45. The molecule has 2 aliphatic rings. The molecule has 1 heteroatoms. The first-order chi connectivity index (χ1) is 27.7. The second kappa shape index (κ2) is 13.1. The molecule has 1 nitrogen and oxygen atoms in total. The van der Waals surface area contributed by atoms with E-state index in [-0.39, 0.29) is 5.41 Å².